The number of carbonyl (C=O) groups excluding carboxylic acids is 1. The molecule has 0 saturated heterocycles. The molecule has 0 saturated carbocycles. The van der Waals surface area contributed by atoms with Gasteiger partial charge in [0.15, 0.2) is 0 Å². The lowest BCUT2D eigenvalue weighted by atomic mass is 9.69. The highest BCUT2D eigenvalue weighted by Crippen LogP contribution is 2.55. The highest BCUT2D eigenvalue weighted by molar-refractivity contribution is 14.1. The molecule has 5 unspecified atom stereocenters. The summed E-state index contributed by atoms with van der Waals surface area (Å²) in [4.78, 5) is 25.7. The second kappa shape index (κ2) is 8.75. The van der Waals surface area contributed by atoms with Gasteiger partial charge in [0.05, 0.1) is 17.2 Å². The van der Waals surface area contributed by atoms with Gasteiger partial charge >= 0.3 is 0 Å². The van der Waals surface area contributed by atoms with E-state index in [1.165, 1.54) is 12.1 Å². The molecule has 1 aliphatic heterocycles. The predicted octanol–water partition coefficient (Wildman–Crippen LogP) is 4.88. The molecular weight excluding hydrogens is 545 g/mol. The first-order valence-electron chi connectivity index (χ1n) is 11.2. The second-order valence-electron chi connectivity index (χ2n) is 9.00. The summed E-state index contributed by atoms with van der Waals surface area (Å²) in [6, 6.07) is 19.5. The van der Waals surface area contributed by atoms with Crippen LogP contribution in [0.2, 0.25) is 0 Å². The fourth-order valence-electron chi connectivity index (χ4n) is 5.56. The average Bonchev–Trinajstić information content (AvgIpc) is 3.12. The Labute approximate surface area is 210 Å². The van der Waals surface area contributed by atoms with Gasteiger partial charge in [0, 0.05) is 38.8 Å². The van der Waals surface area contributed by atoms with Crippen LogP contribution in [0.4, 0.5) is 11.4 Å². The minimum absolute atomic E-state index is 0.0384. The van der Waals surface area contributed by atoms with Crippen molar-refractivity contribution in [2.24, 2.45) is 5.73 Å². The number of nitrogens with two attached hydrogens (primary N) is 1. The van der Waals surface area contributed by atoms with Crippen LogP contribution in [0.5, 0.6) is 0 Å². The number of hydrogen-bond donors (Lipinski definition) is 2. The first-order valence-corrected chi connectivity index (χ1v) is 12.3. The molecule has 7 nitrogen and oxygen atoms in total. The number of hydrogen-bond acceptors (Lipinski definition) is 5. The maximum atomic E-state index is 13.4. The van der Waals surface area contributed by atoms with E-state index in [9.17, 15) is 20.0 Å². The van der Waals surface area contributed by atoms with Crippen LogP contribution in [0.1, 0.15) is 58.1 Å². The van der Waals surface area contributed by atoms with Crippen molar-refractivity contribution in [1.29, 1.82) is 0 Å². The van der Waals surface area contributed by atoms with Gasteiger partial charge in [-0.2, -0.15) is 0 Å². The summed E-state index contributed by atoms with van der Waals surface area (Å²) in [7, 11) is 0. The Morgan fingerprint density at radius 3 is 2.44 bits per heavy atom. The van der Waals surface area contributed by atoms with Gasteiger partial charge in [0.1, 0.15) is 0 Å². The minimum atomic E-state index is -0.663. The molecule has 1 amide bonds. The highest BCUT2D eigenvalue weighted by Gasteiger charge is 2.49. The molecule has 1 heterocycles. The maximum absolute atomic E-state index is 13.4. The van der Waals surface area contributed by atoms with E-state index >= 15 is 0 Å². The SMILES string of the molecule is CC(c1ccc([N+](=O)[O-])cc1)C1c2c(I)ccc3c2C(CC1O)C(N)N3C(=O)c1ccccc1. The topological polar surface area (TPSA) is 110 Å². The van der Waals surface area contributed by atoms with Gasteiger partial charge in [-0.1, -0.05) is 37.3 Å². The van der Waals surface area contributed by atoms with E-state index in [0.717, 1.165) is 25.9 Å². The summed E-state index contributed by atoms with van der Waals surface area (Å²) in [6.45, 7) is 2.03. The van der Waals surface area contributed by atoms with Gasteiger partial charge in [-0.25, -0.2) is 0 Å². The molecule has 5 atom stereocenters. The third-order valence-electron chi connectivity index (χ3n) is 7.20. The molecule has 34 heavy (non-hydrogen) atoms. The molecule has 1 aliphatic carbocycles. The number of benzene rings is 3. The number of carbonyl (C=O) groups is 1. The number of aliphatic hydroxyl groups excluding tert-OH is 1. The van der Waals surface area contributed by atoms with Crippen LogP contribution in [0.25, 0.3) is 0 Å². The molecule has 2 aliphatic rings. The van der Waals surface area contributed by atoms with Crippen molar-refractivity contribution in [2.75, 3.05) is 4.90 Å². The Hall–Kier alpha value is -2.82. The Bertz CT molecular complexity index is 1270. The molecule has 0 spiro atoms. The average molecular weight is 569 g/mol. The number of halogens is 1. The van der Waals surface area contributed by atoms with Crippen molar-refractivity contribution in [3.05, 3.63) is 103 Å². The lowest BCUT2D eigenvalue weighted by molar-refractivity contribution is -0.384. The number of amides is 1. The van der Waals surface area contributed by atoms with Gasteiger partial charge in [0.25, 0.3) is 11.6 Å². The normalized spacial score (nSPS) is 23.9. The largest absolute Gasteiger partial charge is 0.392 e. The summed E-state index contributed by atoms with van der Waals surface area (Å²) >= 11 is 2.29. The van der Waals surface area contributed by atoms with E-state index in [1.54, 1.807) is 29.2 Å². The van der Waals surface area contributed by atoms with E-state index in [4.69, 9.17) is 5.73 Å². The zero-order valence-electron chi connectivity index (χ0n) is 18.5. The third-order valence-corrected chi connectivity index (χ3v) is 8.14. The van der Waals surface area contributed by atoms with Gasteiger partial charge in [-0.3, -0.25) is 19.8 Å². The Morgan fingerprint density at radius 1 is 1.12 bits per heavy atom. The van der Waals surface area contributed by atoms with Gasteiger partial charge in [-0.05, 0) is 75.9 Å². The third kappa shape index (κ3) is 3.60. The summed E-state index contributed by atoms with van der Waals surface area (Å²) in [5.74, 6) is -0.631. The first-order chi connectivity index (χ1) is 16.3. The lowest BCUT2D eigenvalue weighted by Gasteiger charge is -2.38. The number of aliphatic hydroxyl groups is 1. The summed E-state index contributed by atoms with van der Waals surface area (Å²) in [5.41, 5.74) is 11.0. The number of anilines is 1. The molecule has 0 fully saturated rings. The molecule has 8 heteroatoms. The smallest absolute Gasteiger partial charge is 0.269 e. The standard InChI is InChI=1S/C26H24IN3O4/c1-14(15-7-9-17(10-8-15)30(33)34)22-21(31)13-18-23-20(12-11-19(27)24(22)23)29(25(18)28)26(32)16-5-3-2-4-6-16/h2-12,14,18,21-22,25,31H,13,28H2,1H3. The van der Waals surface area contributed by atoms with Crippen LogP contribution in [-0.2, 0) is 0 Å². The molecule has 174 valence electrons. The highest BCUT2D eigenvalue weighted by atomic mass is 127. The number of nitro groups is 1. The van der Waals surface area contributed by atoms with E-state index < -0.39 is 17.2 Å². The quantitative estimate of drug-likeness (QED) is 0.265. The maximum Gasteiger partial charge on any atom is 0.269 e. The molecule has 3 aromatic rings. The monoisotopic (exact) mass is 569 g/mol. The van der Waals surface area contributed by atoms with Crippen LogP contribution in [-0.4, -0.2) is 28.2 Å². The molecule has 0 aromatic heterocycles. The lowest BCUT2D eigenvalue weighted by Crippen LogP contribution is -2.46. The molecule has 3 N–H and O–H groups in total. The van der Waals surface area contributed by atoms with Crippen LogP contribution in [0.15, 0.2) is 66.7 Å². The molecule has 0 radical (unpaired) electrons. The molecular formula is C26H24IN3O4. The van der Waals surface area contributed by atoms with Crippen LogP contribution >= 0.6 is 22.6 Å². The summed E-state index contributed by atoms with van der Waals surface area (Å²) in [6.07, 6.45) is -0.781. The van der Waals surface area contributed by atoms with Crippen LogP contribution < -0.4 is 10.6 Å². The van der Waals surface area contributed by atoms with Crippen molar-refractivity contribution in [1.82, 2.24) is 0 Å². The fourth-order valence-corrected chi connectivity index (χ4v) is 6.39. The van der Waals surface area contributed by atoms with Crippen molar-refractivity contribution in [3.63, 3.8) is 0 Å². The van der Waals surface area contributed by atoms with Crippen LogP contribution in [0, 0.1) is 13.7 Å². The first kappa shape index (κ1) is 22.9. The Kier molecular flexibility index (Phi) is 5.91. The Balaban J connectivity index is 1.59. The molecule has 0 bridgehead atoms. The van der Waals surface area contributed by atoms with Crippen molar-refractivity contribution < 1.29 is 14.8 Å². The van der Waals surface area contributed by atoms with Gasteiger partial charge in [-0.15, -0.1) is 0 Å². The number of non-ortho nitro benzene ring substituents is 1. The fraction of sp³-hybridized carbons (Fsp3) is 0.269. The summed E-state index contributed by atoms with van der Waals surface area (Å²) in [5, 5.41) is 22.4. The second-order valence-corrected chi connectivity index (χ2v) is 10.2. The zero-order valence-corrected chi connectivity index (χ0v) is 20.6. The minimum Gasteiger partial charge on any atom is -0.392 e. The summed E-state index contributed by atoms with van der Waals surface area (Å²) < 4.78 is 1.01. The number of nitro benzene ring substituents is 1. The van der Waals surface area contributed by atoms with E-state index in [-0.39, 0.29) is 29.3 Å². The number of rotatable bonds is 4. The molecule has 5 rings (SSSR count). The van der Waals surface area contributed by atoms with Gasteiger partial charge < -0.3 is 10.8 Å². The number of nitrogens with zero attached hydrogens (tertiary/aromatic N) is 2. The van der Waals surface area contributed by atoms with Crippen molar-refractivity contribution >= 4 is 39.9 Å². The zero-order chi connectivity index (χ0) is 24.1. The van der Waals surface area contributed by atoms with E-state index in [1.807, 2.05) is 37.3 Å². The predicted molar refractivity (Wildman–Crippen MR) is 138 cm³/mol. The van der Waals surface area contributed by atoms with E-state index in [0.29, 0.717) is 12.0 Å². The van der Waals surface area contributed by atoms with Crippen LogP contribution in [0.3, 0.4) is 0 Å². The van der Waals surface area contributed by atoms with E-state index in [2.05, 4.69) is 22.6 Å². The Morgan fingerprint density at radius 2 is 1.79 bits per heavy atom. The van der Waals surface area contributed by atoms with Crippen molar-refractivity contribution in [3.8, 4) is 0 Å². The van der Waals surface area contributed by atoms with Crippen molar-refractivity contribution in [2.45, 2.75) is 43.4 Å². The van der Waals surface area contributed by atoms with Gasteiger partial charge in [0.2, 0.25) is 0 Å². The molecule has 3 aromatic carbocycles.